The Balaban J connectivity index is 2.24. The summed E-state index contributed by atoms with van der Waals surface area (Å²) in [6.07, 6.45) is 3.21. The van der Waals surface area contributed by atoms with E-state index >= 15 is 0 Å². The number of aryl methyl sites for hydroxylation is 2. The summed E-state index contributed by atoms with van der Waals surface area (Å²) in [5.74, 6) is -0.998. The molecular formula is C14H13FN2O. The van der Waals surface area contributed by atoms with Crippen LogP contribution in [0.1, 0.15) is 21.5 Å². The minimum atomic E-state index is -0.529. The van der Waals surface area contributed by atoms with Crippen molar-refractivity contribution in [2.24, 2.45) is 0 Å². The topological polar surface area (TPSA) is 42.0 Å². The average molecular weight is 244 g/mol. The van der Waals surface area contributed by atoms with Crippen molar-refractivity contribution in [2.45, 2.75) is 13.8 Å². The molecule has 3 nitrogen and oxygen atoms in total. The Labute approximate surface area is 105 Å². The first-order valence-corrected chi connectivity index (χ1v) is 5.55. The van der Waals surface area contributed by atoms with Gasteiger partial charge in [-0.05, 0) is 37.6 Å². The van der Waals surface area contributed by atoms with Gasteiger partial charge in [-0.15, -0.1) is 0 Å². The molecule has 0 atom stereocenters. The molecule has 1 aromatic carbocycles. The van der Waals surface area contributed by atoms with E-state index in [9.17, 15) is 9.18 Å². The van der Waals surface area contributed by atoms with Crippen LogP contribution in [0.25, 0.3) is 0 Å². The summed E-state index contributed by atoms with van der Waals surface area (Å²) in [6, 6.07) is 6.21. The van der Waals surface area contributed by atoms with E-state index in [0.717, 1.165) is 11.1 Å². The number of carbonyl (C=O) groups is 1. The van der Waals surface area contributed by atoms with Crippen molar-refractivity contribution in [2.75, 3.05) is 5.32 Å². The van der Waals surface area contributed by atoms with E-state index in [2.05, 4.69) is 10.3 Å². The SMILES string of the molecule is Cc1cncc(NC(=O)c2cc(C)ccc2F)c1. The fourth-order valence-corrected chi connectivity index (χ4v) is 1.63. The first kappa shape index (κ1) is 12.2. The van der Waals surface area contributed by atoms with Gasteiger partial charge in [0, 0.05) is 6.20 Å². The first-order valence-electron chi connectivity index (χ1n) is 5.55. The van der Waals surface area contributed by atoms with Gasteiger partial charge in [0.05, 0.1) is 17.4 Å². The molecule has 1 N–H and O–H groups in total. The molecule has 0 unspecified atom stereocenters. The van der Waals surface area contributed by atoms with Crippen LogP contribution in [-0.4, -0.2) is 10.9 Å². The predicted molar refractivity (Wildman–Crippen MR) is 68.1 cm³/mol. The summed E-state index contributed by atoms with van der Waals surface area (Å²) in [5, 5.41) is 2.63. The minimum absolute atomic E-state index is 0.0384. The quantitative estimate of drug-likeness (QED) is 0.882. The zero-order valence-corrected chi connectivity index (χ0v) is 10.2. The highest BCUT2D eigenvalue weighted by Gasteiger charge is 2.12. The number of nitrogens with zero attached hydrogens (tertiary/aromatic N) is 1. The highest BCUT2D eigenvalue weighted by molar-refractivity contribution is 6.04. The normalized spacial score (nSPS) is 10.2. The van der Waals surface area contributed by atoms with Crippen molar-refractivity contribution in [3.05, 3.63) is 59.2 Å². The van der Waals surface area contributed by atoms with Crippen LogP contribution in [0.15, 0.2) is 36.7 Å². The largest absolute Gasteiger partial charge is 0.320 e. The maximum absolute atomic E-state index is 13.5. The number of amides is 1. The van der Waals surface area contributed by atoms with Crippen LogP contribution in [0.2, 0.25) is 0 Å². The van der Waals surface area contributed by atoms with Crippen LogP contribution in [0.5, 0.6) is 0 Å². The summed E-state index contributed by atoms with van der Waals surface area (Å²) < 4.78 is 13.5. The van der Waals surface area contributed by atoms with E-state index in [-0.39, 0.29) is 5.56 Å². The summed E-state index contributed by atoms with van der Waals surface area (Å²) in [6.45, 7) is 3.68. The van der Waals surface area contributed by atoms with E-state index in [1.54, 1.807) is 18.3 Å². The van der Waals surface area contributed by atoms with Gasteiger partial charge in [-0.1, -0.05) is 11.6 Å². The number of rotatable bonds is 2. The maximum atomic E-state index is 13.5. The first-order chi connectivity index (χ1) is 8.56. The van der Waals surface area contributed by atoms with Crippen molar-refractivity contribution >= 4 is 11.6 Å². The van der Waals surface area contributed by atoms with E-state index < -0.39 is 11.7 Å². The number of carbonyl (C=O) groups excluding carboxylic acids is 1. The van der Waals surface area contributed by atoms with Crippen LogP contribution in [-0.2, 0) is 0 Å². The molecule has 0 aliphatic heterocycles. The molecule has 0 spiro atoms. The Morgan fingerprint density at radius 3 is 2.67 bits per heavy atom. The van der Waals surface area contributed by atoms with Crippen molar-refractivity contribution in [3.8, 4) is 0 Å². The van der Waals surface area contributed by atoms with Gasteiger partial charge in [-0.3, -0.25) is 9.78 Å². The van der Waals surface area contributed by atoms with Gasteiger partial charge >= 0.3 is 0 Å². The van der Waals surface area contributed by atoms with Gasteiger partial charge < -0.3 is 5.32 Å². The Morgan fingerprint density at radius 2 is 1.94 bits per heavy atom. The lowest BCUT2D eigenvalue weighted by atomic mass is 10.1. The molecule has 0 radical (unpaired) electrons. The lowest BCUT2D eigenvalue weighted by Gasteiger charge is -2.07. The third kappa shape index (κ3) is 2.71. The predicted octanol–water partition coefficient (Wildman–Crippen LogP) is 3.09. The zero-order chi connectivity index (χ0) is 13.1. The van der Waals surface area contributed by atoms with Crippen molar-refractivity contribution < 1.29 is 9.18 Å². The second-order valence-corrected chi connectivity index (χ2v) is 4.19. The van der Waals surface area contributed by atoms with Gasteiger partial charge in [-0.2, -0.15) is 0 Å². The number of aromatic nitrogens is 1. The van der Waals surface area contributed by atoms with E-state index in [1.165, 1.54) is 18.3 Å². The van der Waals surface area contributed by atoms with Gasteiger partial charge in [0.1, 0.15) is 5.82 Å². The number of nitrogens with one attached hydrogen (secondary N) is 1. The molecule has 0 saturated heterocycles. The molecule has 18 heavy (non-hydrogen) atoms. The summed E-state index contributed by atoms with van der Waals surface area (Å²) in [7, 11) is 0. The number of hydrogen-bond acceptors (Lipinski definition) is 2. The maximum Gasteiger partial charge on any atom is 0.258 e. The molecule has 1 heterocycles. The van der Waals surface area contributed by atoms with Gasteiger partial charge in [0.2, 0.25) is 0 Å². The van der Waals surface area contributed by atoms with E-state index in [4.69, 9.17) is 0 Å². The second kappa shape index (κ2) is 4.96. The molecule has 92 valence electrons. The fourth-order valence-electron chi connectivity index (χ4n) is 1.63. The van der Waals surface area contributed by atoms with Crippen LogP contribution in [0.3, 0.4) is 0 Å². The lowest BCUT2D eigenvalue weighted by molar-refractivity contribution is 0.102. The molecule has 2 rings (SSSR count). The zero-order valence-electron chi connectivity index (χ0n) is 10.2. The van der Waals surface area contributed by atoms with Crippen molar-refractivity contribution in [1.29, 1.82) is 0 Å². The third-order valence-corrected chi connectivity index (χ3v) is 2.50. The number of hydrogen-bond donors (Lipinski definition) is 1. The Bertz CT molecular complexity index is 596. The Kier molecular flexibility index (Phi) is 3.37. The molecule has 1 amide bonds. The lowest BCUT2D eigenvalue weighted by Crippen LogP contribution is -2.14. The molecule has 1 aromatic heterocycles. The molecule has 4 heteroatoms. The standard InChI is InChI=1S/C14H13FN2O/c1-9-3-4-13(15)12(6-9)14(18)17-11-5-10(2)7-16-8-11/h3-8H,1-2H3,(H,17,18). The molecule has 0 aliphatic carbocycles. The highest BCUT2D eigenvalue weighted by atomic mass is 19.1. The van der Waals surface area contributed by atoms with Gasteiger partial charge in [-0.25, -0.2) is 4.39 Å². The second-order valence-electron chi connectivity index (χ2n) is 4.19. The summed E-state index contributed by atoms with van der Waals surface area (Å²) in [5.41, 5.74) is 2.36. The average Bonchev–Trinajstić information content (AvgIpc) is 2.32. The molecule has 0 saturated carbocycles. The van der Waals surface area contributed by atoms with Crippen LogP contribution < -0.4 is 5.32 Å². The Morgan fingerprint density at radius 1 is 1.17 bits per heavy atom. The minimum Gasteiger partial charge on any atom is -0.320 e. The fraction of sp³-hybridized carbons (Fsp3) is 0.143. The summed E-state index contributed by atoms with van der Waals surface area (Å²) in [4.78, 5) is 15.9. The number of pyridine rings is 1. The monoisotopic (exact) mass is 244 g/mol. The summed E-state index contributed by atoms with van der Waals surface area (Å²) >= 11 is 0. The molecular weight excluding hydrogens is 231 g/mol. The smallest absolute Gasteiger partial charge is 0.258 e. The molecule has 0 fully saturated rings. The van der Waals surface area contributed by atoms with Crippen LogP contribution >= 0.6 is 0 Å². The van der Waals surface area contributed by atoms with E-state index in [1.807, 2.05) is 13.8 Å². The highest BCUT2D eigenvalue weighted by Crippen LogP contribution is 2.13. The number of anilines is 1. The molecule has 2 aromatic rings. The number of halogens is 1. The van der Waals surface area contributed by atoms with Crippen LogP contribution in [0, 0.1) is 19.7 Å². The van der Waals surface area contributed by atoms with Crippen molar-refractivity contribution in [1.82, 2.24) is 4.98 Å². The van der Waals surface area contributed by atoms with Crippen molar-refractivity contribution in [3.63, 3.8) is 0 Å². The number of benzene rings is 1. The molecule has 0 aliphatic rings. The molecule has 0 bridgehead atoms. The van der Waals surface area contributed by atoms with E-state index in [0.29, 0.717) is 5.69 Å². The van der Waals surface area contributed by atoms with Gasteiger partial charge in [0.25, 0.3) is 5.91 Å². The van der Waals surface area contributed by atoms with Gasteiger partial charge in [0.15, 0.2) is 0 Å². The third-order valence-electron chi connectivity index (χ3n) is 2.50. The van der Waals surface area contributed by atoms with Crippen LogP contribution in [0.4, 0.5) is 10.1 Å². The Hall–Kier alpha value is -2.23.